The molecule has 0 saturated heterocycles. The molecular formula is C13H17NO2S2. The molecule has 0 unspecified atom stereocenters. The molecule has 3 nitrogen and oxygen atoms in total. The van der Waals surface area contributed by atoms with E-state index in [2.05, 4.69) is 9.72 Å². The van der Waals surface area contributed by atoms with Crippen molar-refractivity contribution in [3.63, 3.8) is 0 Å². The van der Waals surface area contributed by atoms with E-state index in [9.17, 15) is 4.79 Å². The Kier molecular flexibility index (Phi) is 6.01. The molecule has 2 heterocycles. The van der Waals surface area contributed by atoms with E-state index in [0.717, 1.165) is 20.3 Å². The molecule has 0 fully saturated rings. The highest BCUT2D eigenvalue weighted by Crippen LogP contribution is 2.33. The van der Waals surface area contributed by atoms with Gasteiger partial charge in [0.1, 0.15) is 0 Å². The number of aromatic nitrogens is 1. The van der Waals surface area contributed by atoms with Gasteiger partial charge in [0.2, 0.25) is 0 Å². The second kappa shape index (κ2) is 7.28. The van der Waals surface area contributed by atoms with Crippen LogP contribution in [-0.4, -0.2) is 18.1 Å². The van der Waals surface area contributed by atoms with Crippen LogP contribution in [0.25, 0.3) is 9.75 Å². The van der Waals surface area contributed by atoms with Crippen molar-refractivity contribution in [2.24, 2.45) is 0 Å². The van der Waals surface area contributed by atoms with E-state index in [0.29, 0.717) is 6.42 Å². The van der Waals surface area contributed by atoms with Gasteiger partial charge in [0.05, 0.1) is 23.4 Å². The van der Waals surface area contributed by atoms with Crippen molar-refractivity contribution >= 4 is 28.6 Å². The summed E-state index contributed by atoms with van der Waals surface area (Å²) in [6, 6.07) is 1.96. The molecule has 0 aliphatic rings. The van der Waals surface area contributed by atoms with Crippen LogP contribution in [0.3, 0.4) is 0 Å². The summed E-state index contributed by atoms with van der Waals surface area (Å²) in [5, 5.41) is 3.02. The summed E-state index contributed by atoms with van der Waals surface area (Å²) in [5.41, 5.74) is 1.01. The summed E-state index contributed by atoms with van der Waals surface area (Å²) in [6.45, 7) is 5.97. The van der Waals surface area contributed by atoms with Crippen LogP contribution in [0.4, 0.5) is 0 Å². The number of thiophene rings is 1. The first kappa shape index (κ1) is 14.9. The summed E-state index contributed by atoms with van der Waals surface area (Å²) in [7, 11) is 1.41. The van der Waals surface area contributed by atoms with Gasteiger partial charge in [-0.15, -0.1) is 22.7 Å². The molecule has 2 rings (SSSR count). The molecular weight excluding hydrogens is 266 g/mol. The highest BCUT2D eigenvalue weighted by Gasteiger charge is 2.12. The van der Waals surface area contributed by atoms with Gasteiger partial charge in [-0.25, -0.2) is 4.98 Å². The van der Waals surface area contributed by atoms with E-state index in [4.69, 9.17) is 0 Å². The van der Waals surface area contributed by atoms with E-state index >= 15 is 0 Å². The molecule has 2 aromatic heterocycles. The summed E-state index contributed by atoms with van der Waals surface area (Å²) in [4.78, 5) is 17.7. The second-order valence-electron chi connectivity index (χ2n) is 3.27. The number of rotatable bonds is 3. The highest BCUT2D eigenvalue weighted by molar-refractivity contribution is 7.21. The Morgan fingerprint density at radius 2 is 2.17 bits per heavy atom. The van der Waals surface area contributed by atoms with Crippen LogP contribution in [0.1, 0.15) is 24.4 Å². The molecule has 0 aliphatic heterocycles. The van der Waals surface area contributed by atoms with Crippen LogP contribution < -0.4 is 0 Å². The van der Waals surface area contributed by atoms with Gasteiger partial charge in [-0.2, -0.15) is 0 Å². The van der Waals surface area contributed by atoms with Crippen molar-refractivity contribution in [3.05, 3.63) is 28.2 Å². The van der Waals surface area contributed by atoms with E-state index in [1.165, 1.54) is 7.11 Å². The fraction of sp³-hybridized carbons (Fsp3) is 0.385. The van der Waals surface area contributed by atoms with Crippen molar-refractivity contribution in [2.75, 3.05) is 7.11 Å². The lowest BCUT2D eigenvalue weighted by Crippen LogP contribution is -2.03. The van der Waals surface area contributed by atoms with Crippen LogP contribution in [0, 0.1) is 6.92 Å². The van der Waals surface area contributed by atoms with E-state index in [1.54, 1.807) is 22.7 Å². The zero-order valence-electron chi connectivity index (χ0n) is 11.0. The quantitative estimate of drug-likeness (QED) is 0.801. The topological polar surface area (TPSA) is 39.2 Å². The molecule has 5 heteroatoms. The molecule has 2 aromatic rings. The van der Waals surface area contributed by atoms with Gasteiger partial charge in [0.25, 0.3) is 0 Å². The van der Waals surface area contributed by atoms with Gasteiger partial charge in [0.15, 0.2) is 0 Å². The Morgan fingerprint density at radius 1 is 1.44 bits per heavy atom. The molecule has 0 spiro atoms. The second-order valence-corrected chi connectivity index (χ2v) is 5.42. The smallest absolute Gasteiger partial charge is 0.310 e. The predicted molar refractivity (Wildman–Crippen MR) is 77.2 cm³/mol. The van der Waals surface area contributed by atoms with Gasteiger partial charge in [-0.3, -0.25) is 4.79 Å². The molecule has 0 N–H and O–H groups in total. The van der Waals surface area contributed by atoms with Gasteiger partial charge >= 0.3 is 5.97 Å². The average molecular weight is 283 g/mol. The van der Waals surface area contributed by atoms with Crippen LogP contribution in [-0.2, 0) is 16.0 Å². The number of nitrogens with zero attached hydrogens (tertiary/aromatic N) is 1. The van der Waals surface area contributed by atoms with Gasteiger partial charge in [0, 0.05) is 11.1 Å². The Morgan fingerprint density at radius 3 is 2.72 bits per heavy atom. The van der Waals surface area contributed by atoms with Gasteiger partial charge < -0.3 is 4.74 Å². The largest absolute Gasteiger partial charge is 0.469 e. The molecule has 0 aliphatic carbocycles. The first-order valence-corrected chi connectivity index (χ1v) is 7.46. The van der Waals surface area contributed by atoms with E-state index in [1.807, 2.05) is 38.4 Å². The zero-order valence-corrected chi connectivity index (χ0v) is 12.7. The molecule has 0 saturated carbocycles. The minimum atomic E-state index is -0.208. The molecule has 18 heavy (non-hydrogen) atoms. The maximum Gasteiger partial charge on any atom is 0.310 e. The standard InChI is InChI=1S/C11H11NO2S2.C2H6/c1-7-12-6-9(16-7)11-8(3-4-15-11)5-10(13)14-2;1-2/h3-4,6H,5H2,1-2H3;1-2H3. The van der Waals surface area contributed by atoms with Crippen molar-refractivity contribution in [1.29, 1.82) is 0 Å². The monoisotopic (exact) mass is 283 g/mol. The van der Waals surface area contributed by atoms with Crippen molar-refractivity contribution < 1.29 is 9.53 Å². The molecule has 98 valence electrons. The average Bonchev–Trinajstić information content (AvgIpc) is 3.00. The Labute approximate surface area is 115 Å². The Hall–Kier alpha value is -1.20. The normalized spacial score (nSPS) is 9.56. The summed E-state index contributed by atoms with van der Waals surface area (Å²) in [5.74, 6) is -0.208. The lowest BCUT2D eigenvalue weighted by atomic mass is 10.2. The van der Waals surface area contributed by atoms with Crippen molar-refractivity contribution in [2.45, 2.75) is 27.2 Å². The number of hydrogen-bond acceptors (Lipinski definition) is 5. The first-order chi connectivity index (χ1) is 8.70. The minimum absolute atomic E-state index is 0.208. The lowest BCUT2D eigenvalue weighted by molar-refractivity contribution is -0.139. The van der Waals surface area contributed by atoms with Crippen LogP contribution in [0.15, 0.2) is 17.6 Å². The Bertz CT molecular complexity index is 503. The number of ether oxygens (including phenoxy) is 1. The SMILES string of the molecule is CC.COC(=O)Cc1ccsc1-c1cnc(C)s1. The van der Waals surface area contributed by atoms with E-state index in [-0.39, 0.29) is 5.97 Å². The molecule has 0 atom stereocenters. The fourth-order valence-electron chi connectivity index (χ4n) is 1.39. The van der Waals surface area contributed by atoms with Crippen LogP contribution >= 0.6 is 22.7 Å². The van der Waals surface area contributed by atoms with Gasteiger partial charge in [-0.05, 0) is 23.9 Å². The number of esters is 1. The number of hydrogen-bond donors (Lipinski definition) is 0. The third-order valence-electron chi connectivity index (χ3n) is 2.15. The van der Waals surface area contributed by atoms with Crippen LogP contribution in [0.2, 0.25) is 0 Å². The third-order valence-corrected chi connectivity index (χ3v) is 4.20. The summed E-state index contributed by atoms with van der Waals surface area (Å²) in [6.07, 6.45) is 2.18. The fourth-order valence-corrected chi connectivity index (χ4v) is 3.24. The number of carbonyl (C=O) groups excluding carboxylic acids is 1. The Balaban J connectivity index is 0.000000771. The number of thiazole rings is 1. The van der Waals surface area contributed by atoms with Gasteiger partial charge in [-0.1, -0.05) is 13.8 Å². The summed E-state index contributed by atoms with van der Waals surface area (Å²) >= 11 is 3.27. The zero-order chi connectivity index (χ0) is 13.5. The number of methoxy groups -OCH3 is 1. The molecule has 0 aromatic carbocycles. The summed E-state index contributed by atoms with van der Waals surface area (Å²) < 4.78 is 4.67. The molecule has 0 radical (unpaired) electrons. The van der Waals surface area contributed by atoms with Crippen molar-refractivity contribution in [3.8, 4) is 9.75 Å². The maximum absolute atomic E-state index is 11.2. The minimum Gasteiger partial charge on any atom is -0.469 e. The molecule has 0 bridgehead atoms. The lowest BCUT2D eigenvalue weighted by Gasteiger charge is -1.99. The third kappa shape index (κ3) is 3.65. The highest BCUT2D eigenvalue weighted by atomic mass is 32.1. The number of aryl methyl sites for hydroxylation is 1. The molecule has 0 amide bonds. The van der Waals surface area contributed by atoms with E-state index < -0.39 is 0 Å². The predicted octanol–water partition coefficient (Wildman–Crippen LogP) is 3.92. The number of carbonyl (C=O) groups is 1. The first-order valence-electron chi connectivity index (χ1n) is 5.76. The van der Waals surface area contributed by atoms with Crippen molar-refractivity contribution in [1.82, 2.24) is 4.98 Å². The maximum atomic E-state index is 11.2. The van der Waals surface area contributed by atoms with Crippen LogP contribution in [0.5, 0.6) is 0 Å².